The molecule has 0 aliphatic carbocycles. The van der Waals surface area contributed by atoms with Crippen LogP contribution in [0.4, 0.5) is 23.7 Å². The lowest BCUT2D eigenvalue weighted by Gasteiger charge is -2.32. The fourth-order valence-electron chi connectivity index (χ4n) is 2.91. The van der Waals surface area contributed by atoms with Crippen LogP contribution in [0.2, 0.25) is 0 Å². The van der Waals surface area contributed by atoms with Gasteiger partial charge < -0.3 is 15.5 Å². The molecule has 2 bridgehead atoms. The van der Waals surface area contributed by atoms with Gasteiger partial charge in [-0.05, 0) is 37.1 Å². The molecule has 1 aromatic rings. The standard InChI is InChI=1S/C14H16F3N3O/c15-14(16,17)9-1-3-10(4-2-9)19-13(21)20-7-11-5-6-12(8-20)18-11/h1-4,11-12,18H,5-8H2,(H,19,21). The zero-order valence-electron chi connectivity index (χ0n) is 11.3. The second-order valence-electron chi connectivity index (χ2n) is 5.55. The average molecular weight is 299 g/mol. The molecule has 2 atom stereocenters. The fraction of sp³-hybridized carbons (Fsp3) is 0.500. The molecule has 0 saturated carbocycles. The Kier molecular flexibility index (Phi) is 3.52. The lowest BCUT2D eigenvalue weighted by atomic mass is 10.2. The first-order chi connectivity index (χ1) is 9.91. The van der Waals surface area contributed by atoms with Gasteiger partial charge in [0.15, 0.2) is 0 Å². The van der Waals surface area contributed by atoms with Gasteiger partial charge in [0.25, 0.3) is 0 Å². The van der Waals surface area contributed by atoms with E-state index in [-0.39, 0.29) is 6.03 Å². The largest absolute Gasteiger partial charge is 0.416 e. The van der Waals surface area contributed by atoms with Crippen LogP contribution in [0.15, 0.2) is 24.3 Å². The maximum atomic E-state index is 12.5. The van der Waals surface area contributed by atoms with Crippen molar-refractivity contribution in [1.29, 1.82) is 0 Å². The maximum absolute atomic E-state index is 12.5. The fourth-order valence-corrected chi connectivity index (χ4v) is 2.91. The Hall–Kier alpha value is -1.76. The molecule has 2 unspecified atom stereocenters. The van der Waals surface area contributed by atoms with Crippen LogP contribution in [0.1, 0.15) is 18.4 Å². The number of hydrogen-bond donors (Lipinski definition) is 2. The highest BCUT2D eigenvalue weighted by molar-refractivity contribution is 5.89. The number of alkyl halides is 3. The summed E-state index contributed by atoms with van der Waals surface area (Å²) in [6.07, 6.45) is -2.23. The van der Waals surface area contributed by atoms with Crippen molar-refractivity contribution >= 4 is 11.7 Å². The van der Waals surface area contributed by atoms with E-state index in [4.69, 9.17) is 0 Å². The molecule has 2 fully saturated rings. The van der Waals surface area contributed by atoms with E-state index in [1.165, 1.54) is 12.1 Å². The number of anilines is 1. The predicted octanol–water partition coefficient (Wildman–Crippen LogP) is 2.67. The quantitative estimate of drug-likeness (QED) is 0.837. The lowest BCUT2D eigenvalue weighted by molar-refractivity contribution is -0.137. The van der Waals surface area contributed by atoms with Gasteiger partial charge in [0.05, 0.1) is 5.56 Å². The van der Waals surface area contributed by atoms with Gasteiger partial charge in [-0.3, -0.25) is 0 Å². The van der Waals surface area contributed by atoms with Crippen LogP contribution in [-0.4, -0.2) is 36.1 Å². The van der Waals surface area contributed by atoms with E-state index in [2.05, 4.69) is 10.6 Å². The monoisotopic (exact) mass is 299 g/mol. The zero-order valence-corrected chi connectivity index (χ0v) is 11.3. The number of amides is 2. The Morgan fingerprint density at radius 3 is 2.24 bits per heavy atom. The molecule has 0 aromatic heterocycles. The normalized spacial score (nSPS) is 25.0. The van der Waals surface area contributed by atoms with E-state index in [1.807, 2.05) is 0 Å². The van der Waals surface area contributed by atoms with Gasteiger partial charge in [-0.2, -0.15) is 13.2 Å². The summed E-state index contributed by atoms with van der Waals surface area (Å²) < 4.78 is 37.4. The lowest BCUT2D eigenvalue weighted by Crippen LogP contribution is -2.54. The summed E-state index contributed by atoms with van der Waals surface area (Å²) in [5, 5.41) is 6.07. The predicted molar refractivity (Wildman–Crippen MR) is 72.0 cm³/mol. The van der Waals surface area contributed by atoms with E-state index in [1.54, 1.807) is 4.90 Å². The number of rotatable bonds is 1. The molecule has 2 N–H and O–H groups in total. The van der Waals surface area contributed by atoms with E-state index in [0.717, 1.165) is 25.0 Å². The highest BCUT2D eigenvalue weighted by Gasteiger charge is 2.34. The van der Waals surface area contributed by atoms with Crippen LogP contribution >= 0.6 is 0 Å². The number of piperazine rings is 1. The number of urea groups is 1. The van der Waals surface area contributed by atoms with Gasteiger partial charge in [0.1, 0.15) is 0 Å². The molecule has 2 aliphatic heterocycles. The van der Waals surface area contributed by atoms with Crippen LogP contribution < -0.4 is 10.6 Å². The first-order valence-electron chi connectivity index (χ1n) is 6.91. The molecule has 3 rings (SSSR count). The molecule has 2 aliphatic rings. The molecule has 7 heteroatoms. The summed E-state index contributed by atoms with van der Waals surface area (Å²) in [5.74, 6) is 0. The van der Waals surface area contributed by atoms with Crippen molar-refractivity contribution in [2.75, 3.05) is 18.4 Å². The molecule has 0 spiro atoms. The van der Waals surface area contributed by atoms with Crippen molar-refractivity contribution in [1.82, 2.24) is 10.2 Å². The van der Waals surface area contributed by atoms with Crippen LogP contribution in [-0.2, 0) is 6.18 Å². The van der Waals surface area contributed by atoms with E-state index < -0.39 is 11.7 Å². The number of nitrogens with zero attached hydrogens (tertiary/aromatic N) is 1. The molecule has 0 radical (unpaired) electrons. The summed E-state index contributed by atoms with van der Waals surface area (Å²) >= 11 is 0. The SMILES string of the molecule is O=C(Nc1ccc(C(F)(F)F)cc1)N1CC2CCC(C1)N2. The molecular formula is C14H16F3N3O. The number of carbonyl (C=O) groups excluding carboxylic acids is 1. The minimum absolute atomic E-state index is 0.256. The van der Waals surface area contributed by atoms with E-state index in [0.29, 0.717) is 30.9 Å². The Morgan fingerprint density at radius 1 is 1.14 bits per heavy atom. The third-order valence-corrected chi connectivity index (χ3v) is 3.97. The molecule has 114 valence electrons. The van der Waals surface area contributed by atoms with Gasteiger partial charge in [-0.1, -0.05) is 0 Å². The van der Waals surface area contributed by atoms with Gasteiger partial charge in [0, 0.05) is 30.9 Å². The molecule has 1 aromatic carbocycles. The Bertz CT molecular complexity index is 517. The van der Waals surface area contributed by atoms with Gasteiger partial charge >= 0.3 is 12.2 Å². The number of fused-ring (bicyclic) bond motifs is 2. The maximum Gasteiger partial charge on any atom is 0.416 e. The summed E-state index contributed by atoms with van der Waals surface area (Å²) in [5.41, 5.74) is -0.348. The van der Waals surface area contributed by atoms with Crippen molar-refractivity contribution in [2.24, 2.45) is 0 Å². The van der Waals surface area contributed by atoms with Crippen LogP contribution in [0, 0.1) is 0 Å². The number of nitrogens with one attached hydrogen (secondary N) is 2. The van der Waals surface area contributed by atoms with Gasteiger partial charge in [0.2, 0.25) is 0 Å². The van der Waals surface area contributed by atoms with E-state index >= 15 is 0 Å². The van der Waals surface area contributed by atoms with E-state index in [9.17, 15) is 18.0 Å². The Labute approximate surface area is 120 Å². The minimum Gasteiger partial charge on any atom is -0.321 e. The van der Waals surface area contributed by atoms with Gasteiger partial charge in [-0.25, -0.2) is 4.79 Å². The van der Waals surface area contributed by atoms with Crippen molar-refractivity contribution in [3.05, 3.63) is 29.8 Å². The van der Waals surface area contributed by atoms with Crippen molar-refractivity contribution in [3.8, 4) is 0 Å². The number of hydrogen-bond acceptors (Lipinski definition) is 2. The molecular weight excluding hydrogens is 283 g/mol. The summed E-state index contributed by atoms with van der Waals surface area (Å²) in [6.45, 7) is 1.28. The van der Waals surface area contributed by atoms with Crippen molar-refractivity contribution in [3.63, 3.8) is 0 Å². The molecule has 4 nitrogen and oxygen atoms in total. The number of carbonyl (C=O) groups is 1. The van der Waals surface area contributed by atoms with Crippen LogP contribution in [0.5, 0.6) is 0 Å². The first kappa shape index (κ1) is 14.2. The third-order valence-electron chi connectivity index (χ3n) is 3.97. The smallest absolute Gasteiger partial charge is 0.321 e. The molecule has 2 heterocycles. The van der Waals surface area contributed by atoms with Crippen LogP contribution in [0.3, 0.4) is 0 Å². The Morgan fingerprint density at radius 2 is 1.71 bits per heavy atom. The van der Waals surface area contributed by atoms with Crippen LogP contribution in [0.25, 0.3) is 0 Å². The number of benzene rings is 1. The third kappa shape index (κ3) is 3.12. The first-order valence-corrected chi connectivity index (χ1v) is 6.91. The molecule has 21 heavy (non-hydrogen) atoms. The second-order valence-corrected chi connectivity index (χ2v) is 5.55. The zero-order chi connectivity index (χ0) is 15.0. The highest BCUT2D eigenvalue weighted by Crippen LogP contribution is 2.30. The highest BCUT2D eigenvalue weighted by atomic mass is 19.4. The average Bonchev–Trinajstić information content (AvgIpc) is 2.77. The van der Waals surface area contributed by atoms with Crippen molar-refractivity contribution in [2.45, 2.75) is 31.1 Å². The van der Waals surface area contributed by atoms with Crippen molar-refractivity contribution < 1.29 is 18.0 Å². The molecule has 2 saturated heterocycles. The second kappa shape index (κ2) is 5.22. The number of likely N-dealkylation sites (tertiary alicyclic amines) is 1. The molecule has 2 amide bonds. The number of halogens is 3. The Balaban J connectivity index is 1.62. The summed E-state index contributed by atoms with van der Waals surface area (Å²) in [6, 6.07) is 4.90. The summed E-state index contributed by atoms with van der Waals surface area (Å²) in [4.78, 5) is 13.9. The minimum atomic E-state index is -4.36. The van der Waals surface area contributed by atoms with Gasteiger partial charge in [-0.15, -0.1) is 0 Å². The topological polar surface area (TPSA) is 44.4 Å². The summed E-state index contributed by atoms with van der Waals surface area (Å²) in [7, 11) is 0.